The Morgan fingerprint density at radius 2 is 1.90 bits per heavy atom. The summed E-state index contributed by atoms with van der Waals surface area (Å²) in [6.45, 7) is 1.12. The number of hydrogen-bond donors (Lipinski definition) is 1. The molecule has 0 aliphatic carbocycles. The summed E-state index contributed by atoms with van der Waals surface area (Å²) in [7, 11) is 0. The summed E-state index contributed by atoms with van der Waals surface area (Å²) in [5, 5.41) is 9.76. The van der Waals surface area contributed by atoms with E-state index in [1.54, 1.807) is 27.9 Å². The quantitative estimate of drug-likeness (QED) is 0.702. The molecule has 1 fully saturated rings. The van der Waals surface area contributed by atoms with Gasteiger partial charge in [-0.1, -0.05) is 18.2 Å². The maximum Gasteiger partial charge on any atom is 0.573 e. The van der Waals surface area contributed by atoms with Crippen LogP contribution in [0.2, 0.25) is 0 Å². The fourth-order valence-corrected chi connectivity index (χ4v) is 3.65. The van der Waals surface area contributed by atoms with Gasteiger partial charge in [-0.3, -0.25) is 4.79 Å². The van der Waals surface area contributed by atoms with Gasteiger partial charge >= 0.3 is 6.36 Å². The van der Waals surface area contributed by atoms with E-state index in [2.05, 4.69) is 9.72 Å². The monoisotopic (exact) mass is 419 g/mol. The fourth-order valence-electron chi connectivity index (χ4n) is 3.65. The summed E-state index contributed by atoms with van der Waals surface area (Å²) in [6.07, 6.45) is -2.11. The first-order valence-electron chi connectivity index (χ1n) is 9.55. The van der Waals surface area contributed by atoms with Crippen LogP contribution in [0.25, 0.3) is 22.2 Å². The summed E-state index contributed by atoms with van der Waals surface area (Å²) in [4.78, 5) is 18.6. The van der Waals surface area contributed by atoms with Crippen molar-refractivity contribution in [1.29, 1.82) is 0 Å². The lowest BCUT2D eigenvalue weighted by atomic mass is 10.1. The highest BCUT2D eigenvalue weighted by atomic mass is 19.4. The minimum Gasteiger partial charge on any atom is -0.406 e. The summed E-state index contributed by atoms with van der Waals surface area (Å²) in [5.74, 6) is -0.352. The van der Waals surface area contributed by atoms with E-state index in [4.69, 9.17) is 0 Å². The molecular formula is C21H20F3N3O3. The molecule has 0 spiro atoms. The van der Waals surface area contributed by atoms with Gasteiger partial charge in [-0.2, -0.15) is 0 Å². The van der Waals surface area contributed by atoms with Crippen molar-refractivity contribution in [3.05, 3.63) is 48.8 Å². The van der Waals surface area contributed by atoms with Crippen molar-refractivity contribution in [1.82, 2.24) is 14.5 Å². The predicted molar refractivity (Wildman–Crippen MR) is 104 cm³/mol. The zero-order valence-corrected chi connectivity index (χ0v) is 16.0. The van der Waals surface area contributed by atoms with Crippen LogP contribution in [-0.2, 0) is 11.3 Å². The van der Waals surface area contributed by atoms with Gasteiger partial charge in [-0.25, -0.2) is 4.98 Å². The molecule has 3 aromatic rings. The first kappa shape index (κ1) is 20.2. The summed E-state index contributed by atoms with van der Waals surface area (Å²) in [5.41, 5.74) is 2.97. The standard InChI is InChI=1S/C21H20F3N3O3/c22-21(23,24)30-17-6-3-14(4-7-17)15-5-8-19-18(10-15)25-13-27(19)12-20(29)26-9-1-2-16(28)11-26/h3-8,10,13,16,28H,1-2,9,11-12H2/t16-/m1/s1. The van der Waals surface area contributed by atoms with E-state index < -0.39 is 12.5 Å². The molecule has 1 aromatic heterocycles. The highest BCUT2D eigenvalue weighted by molar-refractivity contribution is 5.84. The Labute approximate surface area is 170 Å². The molecule has 9 heteroatoms. The number of aliphatic hydroxyl groups excluding tert-OH is 1. The number of hydrogen-bond acceptors (Lipinski definition) is 4. The molecule has 1 aliphatic rings. The lowest BCUT2D eigenvalue weighted by Crippen LogP contribution is -2.43. The molecule has 2 aromatic carbocycles. The molecule has 0 saturated carbocycles. The van der Waals surface area contributed by atoms with Gasteiger partial charge in [0.1, 0.15) is 12.3 Å². The summed E-state index contributed by atoms with van der Waals surface area (Å²) >= 11 is 0. The second kappa shape index (κ2) is 7.98. The maximum atomic E-state index is 12.5. The number of aromatic nitrogens is 2. The third kappa shape index (κ3) is 4.56. The molecule has 1 saturated heterocycles. The van der Waals surface area contributed by atoms with Crippen molar-refractivity contribution < 1.29 is 27.8 Å². The van der Waals surface area contributed by atoms with Gasteiger partial charge in [-0.15, -0.1) is 13.2 Å². The van der Waals surface area contributed by atoms with Crippen LogP contribution < -0.4 is 4.74 Å². The van der Waals surface area contributed by atoms with Gasteiger partial charge in [-0.05, 0) is 48.2 Å². The molecule has 1 amide bonds. The average molecular weight is 419 g/mol. The average Bonchev–Trinajstić information content (AvgIpc) is 3.09. The van der Waals surface area contributed by atoms with Crippen LogP contribution in [0.4, 0.5) is 13.2 Å². The van der Waals surface area contributed by atoms with Gasteiger partial charge in [0.25, 0.3) is 0 Å². The first-order valence-corrected chi connectivity index (χ1v) is 9.55. The molecule has 30 heavy (non-hydrogen) atoms. The number of fused-ring (bicyclic) bond motifs is 1. The molecule has 0 bridgehead atoms. The van der Waals surface area contributed by atoms with Crippen LogP contribution in [0.1, 0.15) is 12.8 Å². The van der Waals surface area contributed by atoms with Crippen LogP contribution in [0.15, 0.2) is 48.8 Å². The number of imidazole rings is 1. The number of amides is 1. The van der Waals surface area contributed by atoms with Crippen molar-refractivity contribution in [3.63, 3.8) is 0 Å². The van der Waals surface area contributed by atoms with Crippen LogP contribution >= 0.6 is 0 Å². The number of alkyl halides is 3. The van der Waals surface area contributed by atoms with E-state index in [0.717, 1.165) is 23.1 Å². The molecule has 0 radical (unpaired) electrons. The minimum atomic E-state index is -4.73. The van der Waals surface area contributed by atoms with Crippen molar-refractivity contribution in [3.8, 4) is 16.9 Å². The molecule has 0 unspecified atom stereocenters. The fraction of sp³-hybridized carbons (Fsp3) is 0.333. The molecule has 1 atom stereocenters. The normalized spacial score (nSPS) is 17.3. The molecule has 1 N–H and O–H groups in total. The van der Waals surface area contributed by atoms with E-state index in [-0.39, 0.29) is 18.2 Å². The Morgan fingerprint density at radius 3 is 2.60 bits per heavy atom. The van der Waals surface area contributed by atoms with Crippen LogP contribution in [-0.4, -0.2) is 51.0 Å². The van der Waals surface area contributed by atoms with Crippen molar-refractivity contribution in [2.45, 2.75) is 31.9 Å². The van der Waals surface area contributed by atoms with Crippen LogP contribution in [0.3, 0.4) is 0 Å². The summed E-state index contributed by atoms with van der Waals surface area (Å²) < 4.78 is 42.5. The van der Waals surface area contributed by atoms with E-state index in [1.807, 2.05) is 18.2 Å². The predicted octanol–water partition coefficient (Wildman–Crippen LogP) is 3.59. The van der Waals surface area contributed by atoms with E-state index >= 15 is 0 Å². The van der Waals surface area contributed by atoms with Crippen LogP contribution in [0.5, 0.6) is 5.75 Å². The number of aliphatic hydroxyl groups is 1. The van der Waals surface area contributed by atoms with Gasteiger partial charge in [0.15, 0.2) is 0 Å². The Balaban J connectivity index is 1.50. The Hall–Kier alpha value is -3.07. The number of carbonyl (C=O) groups excluding carboxylic acids is 1. The summed E-state index contributed by atoms with van der Waals surface area (Å²) in [6, 6.07) is 11.1. The zero-order valence-electron chi connectivity index (χ0n) is 16.0. The van der Waals surface area contributed by atoms with E-state index in [0.29, 0.717) is 25.0 Å². The molecule has 1 aliphatic heterocycles. The number of β-amino-alcohol motifs (C(OH)–C–C–N with tert-alkyl or cyclic N) is 1. The number of rotatable bonds is 4. The SMILES string of the molecule is O=C(Cn1cnc2cc(-c3ccc(OC(F)(F)F)cc3)ccc21)N1CCC[C@@H](O)C1. The van der Waals surface area contributed by atoms with E-state index in [1.165, 1.54) is 12.1 Å². The maximum absolute atomic E-state index is 12.5. The number of likely N-dealkylation sites (tertiary alicyclic amines) is 1. The van der Waals surface area contributed by atoms with Gasteiger partial charge in [0, 0.05) is 13.1 Å². The minimum absolute atomic E-state index is 0.0719. The van der Waals surface area contributed by atoms with Crippen molar-refractivity contribution in [2.24, 2.45) is 0 Å². The second-order valence-electron chi connectivity index (χ2n) is 7.28. The van der Waals surface area contributed by atoms with Crippen molar-refractivity contribution in [2.75, 3.05) is 13.1 Å². The third-order valence-electron chi connectivity index (χ3n) is 5.10. The molecule has 2 heterocycles. The highest BCUT2D eigenvalue weighted by Gasteiger charge is 2.31. The van der Waals surface area contributed by atoms with Gasteiger partial charge < -0.3 is 19.3 Å². The smallest absolute Gasteiger partial charge is 0.406 e. The second-order valence-corrected chi connectivity index (χ2v) is 7.28. The third-order valence-corrected chi connectivity index (χ3v) is 5.10. The molecular weight excluding hydrogens is 399 g/mol. The largest absolute Gasteiger partial charge is 0.573 e. The lowest BCUT2D eigenvalue weighted by molar-refractivity contribution is -0.274. The van der Waals surface area contributed by atoms with Crippen molar-refractivity contribution >= 4 is 16.9 Å². The zero-order chi connectivity index (χ0) is 21.3. The van der Waals surface area contributed by atoms with E-state index in [9.17, 15) is 23.1 Å². The molecule has 158 valence electrons. The number of benzene rings is 2. The number of ether oxygens (including phenoxy) is 1. The Bertz CT molecular complexity index is 1050. The Kier molecular flexibility index (Phi) is 5.38. The van der Waals surface area contributed by atoms with Gasteiger partial charge in [0.2, 0.25) is 5.91 Å². The number of piperidine rings is 1. The molecule has 4 rings (SSSR count). The highest BCUT2D eigenvalue weighted by Crippen LogP contribution is 2.28. The number of halogens is 3. The number of nitrogens with zero attached hydrogens (tertiary/aromatic N) is 3. The Morgan fingerprint density at radius 1 is 1.17 bits per heavy atom. The number of carbonyl (C=O) groups is 1. The van der Waals surface area contributed by atoms with Crippen LogP contribution in [0, 0.1) is 0 Å². The topological polar surface area (TPSA) is 67.6 Å². The first-order chi connectivity index (χ1) is 14.3. The van der Waals surface area contributed by atoms with Gasteiger partial charge in [0.05, 0.1) is 23.5 Å². The lowest BCUT2D eigenvalue weighted by Gasteiger charge is -2.30. The molecule has 6 nitrogen and oxygen atoms in total.